The first kappa shape index (κ1) is 10.3. The molecular weight excluding hydrogens is 166 g/mol. The SMILES string of the molecule is CC(C)CN=C(N)N1CCOCC1. The van der Waals surface area contributed by atoms with E-state index >= 15 is 0 Å². The van der Waals surface area contributed by atoms with Crippen molar-refractivity contribution >= 4 is 5.96 Å². The van der Waals surface area contributed by atoms with E-state index in [1.807, 2.05) is 0 Å². The van der Waals surface area contributed by atoms with Crippen LogP contribution in [0.5, 0.6) is 0 Å². The summed E-state index contributed by atoms with van der Waals surface area (Å²) >= 11 is 0. The van der Waals surface area contributed by atoms with Crippen molar-refractivity contribution in [1.29, 1.82) is 0 Å². The van der Waals surface area contributed by atoms with Crippen molar-refractivity contribution in [1.82, 2.24) is 4.90 Å². The molecule has 1 heterocycles. The Morgan fingerprint density at radius 2 is 2.08 bits per heavy atom. The zero-order valence-electron chi connectivity index (χ0n) is 8.49. The summed E-state index contributed by atoms with van der Waals surface area (Å²) in [6, 6.07) is 0. The minimum absolute atomic E-state index is 0.569. The van der Waals surface area contributed by atoms with Crippen molar-refractivity contribution in [3.63, 3.8) is 0 Å². The molecule has 4 heteroatoms. The van der Waals surface area contributed by atoms with E-state index in [4.69, 9.17) is 10.5 Å². The molecule has 2 N–H and O–H groups in total. The molecule has 0 aromatic rings. The molecule has 13 heavy (non-hydrogen) atoms. The van der Waals surface area contributed by atoms with Crippen LogP contribution in [0.25, 0.3) is 0 Å². The third-order valence-corrected chi connectivity index (χ3v) is 1.95. The summed E-state index contributed by atoms with van der Waals surface area (Å²) in [6.45, 7) is 8.34. The van der Waals surface area contributed by atoms with Crippen LogP contribution in [0.4, 0.5) is 0 Å². The lowest BCUT2D eigenvalue weighted by Crippen LogP contribution is -2.45. The normalized spacial score (nSPS) is 19.6. The van der Waals surface area contributed by atoms with E-state index in [1.54, 1.807) is 0 Å². The van der Waals surface area contributed by atoms with Gasteiger partial charge in [0.15, 0.2) is 5.96 Å². The molecule has 0 bridgehead atoms. The second-order valence-corrected chi connectivity index (χ2v) is 3.69. The van der Waals surface area contributed by atoms with E-state index in [0.29, 0.717) is 11.9 Å². The lowest BCUT2D eigenvalue weighted by atomic mass is 10.2. The third-order valence-electron chi connectivity index (χ3n) is 1.95. The smallest absolute Gasteiger partial charge is 0.191 e. The number of morpholine rings is 1. The van der Waals surface area contributed by atoms with Gasteiger partial charge in [0.25, 0.3) is 0 Å². The van der Waals surface area contributed by atoms with Gasteiger partial charge in [-0.3, -0.25) is 4.99 Å². The van der Waals surface area contributed by atoms with Crippen molar-refractivity contribution in [2.45, 2.75) is 13.8 Å². The maximum atomic E-state index is 5.82. The van der Waals surface area contributed by atoms with Crippen molar-refractivity contribution in [3.05, 3.63) is 0 Å². The molecule has 1 saturated heterocycles. The molecule has 4 nitrogen and oxygen atoms in total. The van der Waals surface area contributed by atoms with E-state index in [9.17, 15) is 0 Å². The topological polar surface area (TPSA) is 50.8 Å². The third kappa shape index (κ3) is 3.63. The second-order valence-electron chi connectivity index (χ2n) is 3.69. The summed E-state index contributed by atoms with van der Waals surface area (Å²) < 4.78 is 5.22. The Hall–Kier alpha value is -0.770. The quantitative estimate of drug-likeness (QED) is 0.497. The largest absolute Gasteiger partial charge is 0.378 e. The average molecular weight is 185 g/mol. The Morgan fingerprint density at radius 3 is 2.62 bits per heavy atom. The summed E-state index contributed by atoms with van der Waals surface area (Å²) in [7, 11) is 0. The Labute approximate surface area is 79.8 Å². The fraction of sp³-hybridized carbons (Fsp3) is 0.889. The van der Waals surface area contributed by atoms with Crippen molar-refractivity contribution < 1.29 is 4.74 Å². The number of guanidine groups is 1. The number of rotatable bonds is 2. The van der Waals surface area contributed by atoms with E-state index in [1.165, 1.54) is 0 Å². The minimum atomic E-state index is 0.569. The molecular formula is C9H19N3O. The summed E-state index contributed by atoms with van der Waals surface area (Å²) in [5.41, 5.74) is 5.82. The zero-order chi connectivity index (χ0) is 9.68. The molecule has 76 valence electrons. The van der Waals surface area contributed by atoms with Crippen LogP contribution in [0.2, 0.25) is 0 Å². The molecule has 0 atom stereocenters. The number of aliphatic imine (C=N–C) groups is 1. The molecule has 0 amide bonds. The van der Waals surface area contributed by atoms with Crippen LogP contribution < -0.4 is 5.73 Å². The van der Waals surface area contributed by atoms with Gasteiger partial charge in [-0.05, 0) is 5.92 Å². The summed E-state index contributed by atoms with van der Waals surface area (Å²) in [5.74, 6) is 1.23. The van der Waals surface area contributed by atoms with Crippen molar-refractivity contribution in [2.24, 2.45) is 16.6 Å². The molecule has 0 aromatic heterocycles. The number of ether oxygens (including phenoxy) is 1. The van der Waals surface area contributed by atoms with Crippen LogP contribution in [-0.4, -0.2) is 43.7 Å². The summed E-state index contributed by atoms with van der Waals surface area (Å²) in [5, 5.41) is 0. The lowest BCUT2D eigenvalue weighted by Gasteiger charge is -2.27. The minimum Gasteiger partial charge on any atom is -0.378 e. The van der Waals surface area contributed by atoms with Crippen LogP contribution in [0.15, 0.2) is 4.99 Å². The van der Waals surface area contributed by atoms with E-state index in [2.05, 4.69) is 23.7 Å². The first-order valence-corrected chi connectivity index (χ1v) is 4.82. The Morgan fingerprint density at radius 1 is 1.46 bits per heavy atom. The predicted molar refractivity (Wildman–Crippen MR) is 53.7 cm³/mol. The van der Waals surface area contributed by atoms with E-state index in [-0.39, 0.29) is 0 Å². The Balaban J connectivity index is 2.35. The standard InChI is InChI=1S/C9H19N3O/c1-8(2)7-11-9(10)12-3-5-13-6-4-12/h8H,3-7H2,1-2H3,(H2,10,11). The molecule has 1 aliphatic rings. The Kier molecular flexibility index (Phi) is 4.02. The average Bonchev–Trinajstić information content (AvgIpc) is 2.15. The van der Waals surface area contributed by atoms with Crippen LogP contribution in [0.3, 0.4) is 0 Å². The summed E-state index contributed by atoms with van der Waals surface area (Å²) in [6.07, 6.45) is 0. The monoisotopic (exact) mass is 185 g/mol. The predicted octanol–water partition coefficient (Wildman–Crippen LogP) is 0.289. The van der Waals surface area contributed by atoms with Gasteiger partial charge in [0.2, 0.25) is 0 Å². The number of nitrogens with two attached hydrogens (primary N) is 1. The molecule has 0 radical (unpaired) electrons. The lowest BCUT2D eigenvalue weighted by molar-refractivity contribution is 0.0674. The van der Waals surface area contributed by atoms with Crippen molar-refractivity contribution in [3.8, 4) is 0 Å². The number of nitrogens with zero attached hydrogens (tertiary/aromatic N) is 2. The second kappa shape index (κ2) is 5.07. The molecule has 1 fully saturated rings. The van der Waals surface area contributed by atoms with Gasteiger partial charge in [-0.25, -0.2) is 0 Å². The first-order chi connectivity index (χ1) is 6.20. The van der Waals surface area contributed by atoms with E-state index in [0.717, 1.165) is 32.8 Å². The Bertz CT molecular complexity index is 174. The van der Waals surface area contributed by atoms with Gasteiger partial charge in [0.05, 0.1) is 13.2 Å². The molecule has 0 aromatic carbocycles. The van der Waals surface area contributed by atoms with Crippen molar-refractivity contribution in [2.75, 3.05) is 32.8 Å². The number of hydrogen-bond donors (Lipinski definition) is 1. The fourth-order valence-corrected chi connectivity index (χ4v) is 1.17. The molecule has 0 saturated carbocycles. The molecule has 0 aliphatic carbocycles. The first-order valence-electron chi connectivity index (χ1n) is 4.82. The van der Waals surface area contributed by atoms with Gasteiger partial charge >= 0.3 is 0 Å². The highest BCUT2D eigenvalue weighted by Gasteiger charge is 2.11. The van der Waals surface area contributed by atoms with Crippen LogP contribution in [-0.2, 0) is 4.74 Å². The van der Waals surface area contributed by atoms with Gasteiger partial charge in [0, 0.05) is 19.6 Å². The molecule has 1 aliphatic heterocycles. The zero-order valence-corrected chi connectivity index (χ0v) is 8.49. The van der Waals surface area contributed by atoms with Gasteiger partial charge < -0.3 is 15.4 Å². The van der Waals surface area contributed by atoms with E-state index < -0.39 is 0 Å². The molecule has 0 unspecified atom stereocenters. The van der Waals surface area contributed by atoms with Gasteiger partial charge in [-0.1, -0.05) is 13.8 Å². The summed E-state index contributed by atoms with van der Waals surface area (Å²) in [4.78, 5) is 6.39. The van der Waals surface area contributed by atoms with Crippen LogP contribution >= 0.6 is 0 Å². The fourth-order valence-electron chi connectivity index (χ4n) is 1.17. The maximum absolute atomic E-state index is 5.82. The highest BCUT2D eigenvalue weighted by atomic mass is 16.5. The highest BCUT2D eigenvalue weighted by molar-refractivity contribution is 5.78. The molecule has 1 rings (SSSR count). The maximum Gasteiger partial charge on any atom is 0.191 e. The highest BCUT2D eigenvalue weighted by Crippen LogP contribution is 1.98. The van der Waals surface area contributed by atoms with Crippen LogP contribution in [0, 0.1) is 5.92 Å². The van der Waals surface area contributed by atoms with Gasteiger partial charge in [0.1, 0.15) is 0 Å². The van der Waals surface area contributed by atoms with Gasteiger partial charge in [-0.15, -0.1) is 0 Å². The number of hydrogen-bond acceptors (Lipinski definition) is 2. The van der Waals surface area contributed by atoms with Gasteiger partial charge in [-0.2, -0.15) is 0 Å². The molecule has 0 spiro atoms. The van der Waals surface area contributed by atoms with Crippen LogP contribution in [0.1, 0.15) is 13.8 Å².